The molecule has 0 amide bonds. The van der Waals surface area contributed by atoms with E-state index in [2.05, 4.69) is 18.8 Å². The summed E-state index contributed by atoms with van der Waals surface area (Å²) in [7, 11) is 3.22. The van der Waals surface area contributed by atoms with Crippen molar-refractivity contribution in [3.8, 4) is 0 Å². The normalized spacial score (nSPS) is 8.73. The van der Waals surface area contributed by atoms with E-state index in [-0.39, 0.29) is 13.2 Å². The summed E-state index contributed by atoms with van der Waals surface area (Å²) in [6.07, 6.45) is 2.71. The minimum absolute atomic E-state index is 0.0312. The average Bonchev–Trinajstić information content (AvgIpc) is 2.04. The average molecular weight is 162 g/mol. The number of hydrogen-bond acceptors (Lipinski definition) is 3. The molecule has 1 N–H and O–H groups in total. The first-order chi connectivity index (χ1) is 5.33. The van der Waals surface area contributed by atoms with Crippen molar-refractivity contribution in [2.45, 2.75) is 26.2 Å². The van der Waals surface area contributed by atoms with Gasteiger partial charge in [-0.1, -0.05) is 13.3 Å². The Kier molecular flexibility index (Phi) is 20.2. The van der Waals surface area contributed by atoms with Crippen LogP contribution in [0.15, 0.2) is 0 Å². The van der Waals surface area contributed by atoms with Crippen LogP contribution in [-0.2, 0) is 4.74 Å². The number of hydrogen-bond donors (Lipinski definition) is 1. The Hall–Kier alpha value is -0.120. The zero-order valence-electron chi connectivity index (χ0n) is 7.21. The van der Waals surface area contributed by atoms with Gasteiger partial charge in [-0.05, 0) is 12.8 Å². The number of ether oxygens (including phenoxy) is 1. The Morgan fingerprint density at radius 2 is 2.09 bits per heavy atom. The molecule has 0 aliphatic rings. The first kappa shape index (κ1) is 13.5. The van der Waals surface area contributed by atoms with E-state index in [0.717, 1.165) is 13.0 Å². The van der Waals surface area contributed by atoms with Crippen LogP contribution in [0.25, 0.3) is 0 Å². The smallest absolute Gasteiger partial charge is 0.0418 e. The molecular formula is C8H18O3-2. The molecule has 0 aliphatic carbocycles. The van der Waals surface area contributed by atoms with Gasteiger partial charge in [0.25, 0.3) is 0 Å². The first-order valence-corrected chi connectivity index (χ1v) is 3.89. The Bertz CT molecular complexity index is 42.6. The van der Waals surface area contributed by atoms with Gasteiger partial charge in [-0.25, -0.2) is 7.11 Å². The van der Waals surface area contributed by atoms with Gasteiger partial charge in [0.15, 0.2) is 0 Å². The van der Waals surface area contributed by atoms with E-state index >= 15 is 0 Å². The fraction of sp³-hybridized carbons (Fsp3) is 0.875. The number of rotatable bonds is 5. The van der Waals surface area contributed by atoms with Crippen molar-refractivity contribution in [1.82, 2.24) is 0 Å². The van der Waals surface area contributed by atoms with Crippen molar-refractivity contribution >= 4 is 0 Å². The highest BCUT2D eigenvalue weighted by molar-refractivity contribution is 4.27. The summed E-state index contributed by atoms with van der Waals surface area (Å²) in [5.41, 5.74) is 0. The Morgan fingerprint density at radius 3 is 2.18 bits per heavy atom. The third-order valence-corrected chi connectivity index (χ3v) is 0.945. The van der Waals surface area contributed by atoms with Crippen LogP contribution >= 0.6 is 0 Å². The Labute approximate surface area is 69.0 Å². The third-order valence-electron chi connectivity index (χ3n) is 0.945. The quantitative estimate of drug-likeness (QED) is 0.468. The fourth-order valence-electron chi connectivity index (χ4n) is 0.311. The van der Waals surface area contributed by atoms with Crippen LogP contribution < -0.4 is 5.11 Å². The first-order valence-electron chi connectivity index (χ1n) is 3.89. The zero-order valence-corrected chi connectivity index (χ0v) is 7.21. The van der Waals surface area contributed by atoms with Gasteiger partial charge in [-0.2, -0.15) is 0 Å². The standard InChI is InChI=1S/C5H11O.C3H7O2/c1-3-4-5-6-2;4-2-1-3-5/h2-5H2,1H3;4H,1-3H2/q2*-1. The maximum Gasteiger partial charge on any atom is 0.0418 e. The van der Waals surface area contributed by atoms with E-state index in [9.17, 15) is 5.11 Å². The molecule has 0 atom stereocenters. The van der Waals surface area contributed by atoms with Crippen molar-refractivity contribution in [3.63, 3.8) is 0 Å². The summed E-state index contributed by atoms with van der Waals surface area (Å²) >= 11 is 0. The van der Waals surface area contributed by atoms with Gasteiger partial charge in [0.05, 0.1) is 0 Å². The molecule has 0 aromatic heterocycles. The van der Waals surface area contributed by atoms with Crippen LogP contribution in [0.4, 0.5) is 0 Å². The van der Waals surface area contributed by atoms with Crippen molar-refractivity contribution in [2.24, 2.45) is 0 Å². The van der Waals surface area contributed by atoms with Crippen molar-refractivity contribution < 1.29 is 14.9 Å². The van der Waals surface area contributed by atoms with Gasteiger partial charge in [0, 0.05) is 13.2 Å². The molecule has 3 heteroatoms. The molecule has 0 saturated heterocycles. The molecule has 3 nitrogen and oxygen atoms in total. The van der Waals surface area contributed by atoms with E-state index in [1.54, 1.807) is 0 Å². The molecule has 0 aliphatic heterocycles. The number of unbranched alkanes of at least 4 members (excludes halogenated alkanes) is 1. The number of aliphatic hydroxyl groups is 1. The second-order valence-corrected chi connectivity index (χ2v) is 2.04. The van der Waals surface area contributed by atoms with Crippen molar-refractivity contribution in [3.05, 3.63) is 7.11 Å². The largest absolute Gasteiger partial charge is 0.854 e. The lowest BCUT2D eigenvalue weighted by molar-refractivity contribution is -0.369. The van der Waals surface area contributed by atoms with Crippen molar-refractivity contribution in [2.75, 3.05) is 19.8 Å². The van der Waals surface area contributed by atoms with Crippen LogP contribution in [0, 0.1) is 7.11 Å². The van der Waals surface area contributed by atoms with Gasteiger partial charge in [-0.15, -0.1) is 6.61 Å². The van der Waals surface area contributed by atoms with Crippen LogP contribution in [0.3, 0.4) is 0 Å². The summed E-state index contributed by atoms with van der Waals surface area (Å²) in [5.74, 6) is 0. The molecule has 0 fully saturated rings. The van der Waals surface area contributed by atoms with Gasteiger partial charge in [-0.3, -0.25) is 0 Å². The minimum atomic E-state index is -0.156. The highest BCUT2D eigenvalue weighted by Gasteiger charge is 1.71. The molecule has 0 unspecified atom stereocenters. The summed E-state index contributed by atoms with van der Waals surface area (Å²) in [6.45, 7) is 2.80. The van der Waals surface area contributed by atoms with Gasteiger partial charge in [0.1, 0.15) is 0 Å². The fourth-order valence-corrected chi connectivity index (χ4v) is 0.311. The monoisotopic (exact) mass is 162 g/mol. The second kappa shape index (κ2) is 16.5. The molecular weight excluding hydrogens is 144 g/mol. The Balaban J connectivity index is 0. The molecule has 0 spiro atoms. The summed E-state index contributed by atoms with van der Waals surface area (Å²) in [4.78, 5) is 0. The molecule has 0 aromatic carbocycles. The minimum Gasteiger partial charge on any atom is -0.854 e. The van der Waals surface area contributed by atoms with Crippen molar-refractivity contribution in [1.29, 1.82) is 0 Å². The van der Waals surface area contributed by atoms with E-state index in [0.29, 0.717) is 6.42 Å². The lowest BCUT2D eigenvalue weighted by Crippen LogP contribution is -2.06. The maximum absolute atomic E-state index is 9.37. The molecule has 0 heterocycles. The molecule has 0 aromatic rings. The molecule has 0 radical (unpaired) electrons. The molecule has 0 rings (SSSR count). The summed E-state index contributed by atoms with van der Waals surface area (Å²) < 4.78 is 4.53. The number of aliphatic hydroxyl groups excluding tert-OH is 1. The van der Waals surface area contributed by atoms with E-state index in [1.807, 2.05) is 0 Å². The zero-order chi connectivity index (χ0) is 8.95. The predicted octanol–water partition coefficient (Wildman–Crippen LogP) is 0.324. The van der Waals surface area contributed by atoms with E-state index in [1.165, 1.54) is 6.42 Å². The topological polar surface area (TPSA) is 52.5 Å². The molecule has 70 valence electrons. The van der Waals surface area contributed by atoms with Crippen LogP contribution in [0.1, 0.15) is 26.2 Å². The summed E-state index contributed by atoms with van der Waals surface area (Å²) in [6, 6.07) is 0. The SMILES string of the molecule is [CH2-]OCCCC.[O-]CCCO. The van der Waals surface area contributed by atoms with Crippen LogP contribution in [0.2, 0.25) is 0 Å². The van der Waals surface area contributed by atoms with Gasteiger partial charge >= 0.3 is 0 Å². The van der Waals surface area contributed by atoms with Gasteiger partial charge in [0.2, 0.25) is 0 Å². The van der Waals surface area contributed by atoms with E-state index < -0.39 is 0 Å². The third kappa shape index (κ3) is 25.8. The summed E-state index contributed by atoms with van der Waals surface area (Å²) in [5, 5.41) is 17.2. The Morgan fingerprint density at radius 1 is 1.45 bits per heavy atom. The highest BCUT2D eigenvalue weighted by atomic mass is 16.5. The highest BCUT2D eigenvalue weighted by Crippen LogP contribution is 1.84. The van der Waals surface area contributed by atoms with Crippen LogP contribution in [0.5, 0.6) is 0 Å². The maximum atomic E-state index is 9.37. The lowest BCUT2D eigenvalue weighted by atomic mass is 10.4. The lowest BCUT2D eigenvalue weighted by Gasteiger charge is -1.98. The molecule has 11 heavy (non-hydrogen) atoms. The molecule has 0 saturated carbocycles. The van der Waals surface area contributed by atoms with Gasteiger partial charge < -0.3 is 14.9 Å². The second-order valence-electron chi connectivity index (χ2n) is 2.04. The van der Waals surface area contributed by atoms with E-state index in [4.69, 9.17) is 5.11 Å². The predicted molar refractivity (Wildman–Crippen MR) is 42.8 cm³/mol. The van der Waals surface area contributed by atoms with Crippen LogP contribution in [-0.4, -0.2) is 24.9 Å². The molecule has 0 bridgehead atoms.